The number of carbonyl (C=O) groups is 1. The lowest BCUT2D eigenvalue weighted by atomic mass is 10.0. The molecule has 0 fully saturated rings. The zero-order chi connectivity index (χ0) is 19.3. The molecule has 0 aliphatic carbocycles. The first kappa shape index (κ1) is 18.3. The second-order valence-electron chi connectivity index (χ2n) is 7.03. The molecule has 4 rings (SSSR count). The van der Waals surface area contributed by atoms with Gasteiger partial charge in [-0.15, -0.1) is 0 Å². The van der Waals surface area contributed by atoms with Crippen LogP contribution in [-0.2, 0) is 17.6 Å². The highest BCUT2D eigenvalue weighted by Gasteiger charge is 2.16. The molecule has 0 saturated carbocycles. The van der Waals surface area contributed by atoms with E-state index in [0.29, 0.717) is 13.0 Å². The first-order valence-electron chi connectivity index (χ1n) is 9.54. The molecule has 0 spiro atoms. The summed E-state index contributed by atoms with van der Waals surface area (Å²) in [6.07, 6.45) is 0.427. The van der Waals surface area contributed by atoms with Crippen molar-refractivity contribution in [1.29, 1.82) is 0 Å². The second kappa shape index (κ2) is 8.28. The summed E-state index contributed by atoms with van der Waals surface area (Å²) in [6.45, 7) is 0.884. The van der Waals surface area contributed by atoms with Crippen molar-refractivity contribution < 1.29 is 14.6 Å². The molecule has 142 valence electrons. The molecule has 1 aliphatic rings. The number of carbonyl (C=O) groups excluding carboxylic acids is 1. The van der Waals surface area contributed by atoms with E-state index in [2.05, 4.69) is 17.4 Å². The molecule has 0 bridgehead atoms. The minimum atomic E-state index is -0.727. The van der Waals surface area contributed by atoms with Crippen LogP contribution in [0.15, 0.2) is 72.8 Å². The van der Waals surface area contributed by atoms with Gasteiger partial charge in [-0.1, -0.05) is 60.7 Å². The van der Waals surface area contributed by atoms with E-state index in [1.165, 1.54) is 0 Å². The van der Waals surface area contributed by atoms with Crippen molar-refractivity contribution in [2.24, 2.45) is 0 Å². The van der Waals surface area contributed by atoms with Crippen LogP contribution < -0.4 is 10.1 Å². The fraction of sp³-hybridized carbons (Fsp3) is 0.208. The normalized spacial score (nSPS) is 13.5. The quantitative estimate of drug-likeness (QED) is 0.693. The van der Waals surface area contributed by atoms with Crippen molar-refractivity contribution in [2.45, 2.75) is 18.9 Å². The van der Waals surface area contributed by atoms with Crippen molar-refractivity contribution >= 4 is 5.91 Å². The predicted octanol–water partition coefficient (Wildman–Crippen LogP) is 3.68. The lowest BCUT2D eigenvalue weighted by Gasteiger charge is -2.13. The van der Waals surface area contributed by atoms with Gasteiger partial charge >= 0.3 is 0 Å². The Kier molecular flexibility index (Phi) is 5.40. The summed E-state index contributed by atoms with van der Waals surface area (Å²) in [6, 6.07) is 23.8. The van der Waals surface area contributed by atoms with Gasteiger partial charge in [-0.25, -0.2) is 0 Å². The maximum Gasteiger partial charge on any atom is 0.224 e. The van der Waals surface area contributed by atoms with Gasteiger partial charge in [0, 0.05) is 13.0 Å². The average Bonchev–Trinajstić information content (AvgIpc) is 3.21. The monoisotopic (exact) mass is 373 g/mol. The van der Waals surface area contributed by atoms with Gasteiger partial charge in [-0.3, -0.25) is 4.79 Å². The largest absolute Gasteiger partial charge is 0.493 e. The van der Waals surface area contributed by atoms with Crippen LogP contribution in [0.5, 0.6) is 5.75 Å². The van der Waals surface area contributed by atoms with Gasteiger partial charge in [0.2, 0.25) is 5.91 Å². The number of amides is 1. The van der Waals surface area contributed by atoms with Gasteiger partial charge in [-0.05, 0) is 39.9 Å². The molecular formula is C24H23NO3. The van der Waals surface area contributed by atoms with Crippen LogP contribution >= 0.6 is 0 Å². The predicted molar refractivity (Wildman–Crippen MR) is 109 cm³/mol. The molecule has 28 heavy (non-hydrogen) atoms. The van der Waals surface area contributed by atoms with Crippen LogP contribution in [0.4, 0.5) is 0 Å². The van der Waals surface area contributed by atoms with E-state index in [1.807, 2.05) is 60.7 Å². The Hall–Kier alpha value is -3.11. The maximum atomic E-state index is 12.2. The Morgan fingerprint density at radius 2 is 1.75 bits per heavy atom. The average molecular weight is 373 g/mol. The smallest absolute Gasteiger partial charge is 0.224 e. The number of hydrogen-bond acceptors (Lipinski definition) is 3. The van der Waals surface area contributed by atoms with Gasteiger partial charge in [0.15, 0.2) is 0 Å². The highest BCUT2D eigenvalue weighted by molar-refractivity contribution is 5.79. The Bertz CT molecular complexity index is 951. The third-order valence-corrected chi connectivity index (χ3v) is 5.02. The number of fused-ring (bicyclic) bond motifs is 1. The van der Waals surface area contributed by atoms with E-state index in [1.54, 1.807) is 0 Å². The number of aliphatic hydroxyl groups is 1. The third-order valence-electron chi connectivity index (χ3n) is 5.02. The minimum Gasteiger partial charge on any atom is -0.493 e. The van der Waals surface area contributed by atoms with Gasteiger partial charge in [0.05, 0.1) is 19.1 Å². The summed E-state index contributed by atoms with van der Waals surface area (Å²) >= 11 is 0. The van der Waals surface area contributed by atoms with Crippen LogP contribution in [0, 0.1) is 0 Å². The van der Waals surface area contributed by atoms with E-state index in [-0.39, 0.29) is 12.5 Å². The molecule has 0 radical (unpaired) electrons. The van der Waals surface area contributed by atoms with E-state index >= 15 is 0 Å². The highest BCUT2D eigenvalue weighted by Crippen LogP contribution is 2.28. The Morgan fingerprint density at radius 1 is 1.00 bits per heavy atom. The first-order valence-corrected chi connectivity index (χ1v) is 9.54. The number of hydrogen-bond donors (Lipinski definition) is 2. The molecule has 1 atom stereocenters. The van der Waals surface area contributed by atoms with Gasteiger partial charge in [-0.2, -0.15) is 0 Å². The van der Waals surface area contributed by atoms with E-state index in [0.717, 1.165) is 40.0 Å². The molecule has 1 heterocycles. The van der Waals surface area contributed by atoms with E-state index in [9.17, 15) is 9.90 Å². The molecule has 2 N–H and O–H groups in total. The molecule has 1 aliphatic heterocycles. The second-order valence-corrected chi connectivity index (χ2v) is 7.03. The maximum absolute atomic E-state index is 12.2. The van der Waals surface area contributed by atoms with Crippen LogP contribution in [0.1, 0.15) is 22.8 Å². The molecule has 0 aromatic heterocycles. The van der Waals surface area contributed by atoms with Gasteiger partial charge in [0.1, 0.15) is 5.75 Å². The Labute approximate surface area is 164 Å². The van der Waals surface area contributed by atoms with Crippen molar-refractivity contribution in [3.05, 3.63) is 89.5 Å². The Balaban J connectivity index is 1.30. The molecule has 3 aromatic rings. The number of nitrogens with one attached hydrogen (secondary N) is 1. The van der Waals surface area contributed by atoms with Crippen LogP contribution in [0.2, 0.25) is 0 Å². The van der Waals surface area contributed by atoms with Crippen molar-refractivity contribution in [2.75, 3.05) is 13.2 Å². The highest BCUT2D eigenvalue weighted by atomic mass is 16.5. The number of rotatable bonds is 6. The summed E-state index contributed by atoms with van der Waals surface area (Å²) in [5.41, 5.74) is 5.14. The SMILES string of the molecule is O=C(Cc1ccc(-c2ccccc2)cc1)NCC(O)c1ccc2c(c1)CCO2. The molecule has 3 aromatic carbocycles. The summed E-state index contributed by atoms with van der Waals surface area (Å²) in [5, 5.41) is 13.2. The molecule has 4 nitrogen and oxygen atoms in total. The van der Waals surface area contributed by atoms with E-state index in [4.69, 9.17) is 4.74 Å². The van der Waals surface area contributed by atoms with E-state index < -0.39 is 6.10 Å². The number of ether oxygens (including phenoxy) is 1. The van der Waals surface area contributed by atoms with Crippen LogP contribution in [0.3, 0.4) is 0 Å². The molecule has 1 amide bonds. The summed E-state index contributed by atoms with van der Waals surface area (Å²) in [7, 11) is 0. The van der Waals surface area contributed by atoms with Gasteiger partial charge < -0.3 is 15.2 Å². The summed E-state index contributed by atoms with van der Waals surface area (Å²) in [5.74, 6) is 0.787. The lowest BCUT2D eigenvalue weighted by molar-refractivity contribution is -0.120. The fourth-order valence-corrected chi connectivity index (χ4v) is 3.44. The van der Waals surface area contributed by atoms with Crippen molar-refractivity contribution in [3.8, 4) is 16.9 Å². The van der Waals surface area contributed by atoms with Crippen LogP contribution in [-0.4, -0.2) is 24.2 Å². The first-order chi connectivity index (χ1) is 13.7. The summed E-state index contributed by atoms with van der Waals surface area (Å²) in [4.78, 5) is 12.2. The lowest BCUT2D eigenvalue weighted by Crippen LogP contribution is -2.29. The molecule has 1 unspecified atom stereocenters. The zero-order valence-electron chi connectivity index (χ0n) is 15.6. The molecule has 4 heteroatoms. The Morgan fingerprint density at radius 3 is 2.54 bits per heavy atom. The molecule has 0 saturated heterocycles. The standard InChI is InChI=1S/C24H23NO3/c26-22(20-10-11-23-21(15-20)12-13-28-23)16-25-24(27)14-17-6-8-19(9-7-17)18-4-2-1-3-5-18/h1-11,15,22,26H,12-14,16H2,(H,25,27). The van der Waals surface area contributed by atoms with Crippen LogP contribution in [0.25, 0.3) is 11.1 Å². The number of benzene rings is 3. The third kappa shape index (κ3) is 4.24. The van der Waals surface area contributed by atoms with Crippen molar-refractivity contribution in [1.82, 2.24) is 5.32 Å². The molecular weight excluding hydrogens is 350 g/mol. The fourth-order valence-electron chi connectivity index (χ4n) is 3.44. The number of aliphatic hydroxyl groups excluding tert-OH is 1. The topological polar surface area (TPSA) is 58.6 Å². The minimum absolute atomic E-state index is 0.101. The zero-order valence-corrected chi connectivity index (χ0v) is 15.6. The van der Waals surface area contributed by atoms with Gasteiger partial charge in [0.25, 0.3) is 0 Å². The van der Waals surface area contributed by atoms with Crippen molar-refractivity contribution in [3.63, 3.8) is 0 Å². The summed E-state index contributed by atoms with van der Waals surface area (Å²) < 4.78 is 5.48.